The molecule has 0 aliphatic heterocycles. The summed E-state index contributed by atoms with van der Waals surface area (Å²) >= 11 is 0. The van der Waals surface area contributed by atoms with E-state index in [2.05, 4.69) is 30.3 Å². The van der Waals surface area contributed by atoms with Gasteiger partial charge in [-0.25, -0.2) is 0 Å². The summed E-state index contributed by atoms with van der Waals surface area (Å²) in [5, 5.41) is 0. The highest BCUT2D eigenvalue weighted by molar-refractivity contribution is 5.80. The minimum atomic E-state index is 0.655. The van der Waals surface area contributed by atoms with Gasteiger partial charge in [-0.3, -0.25) is 0 Å². The molecule has 0 atom stereocenters. The van der Waals surface area contributed by atoms with Gasteiger partial charge in [0.1, 0.15) is 0 Å². The van der Waals surface area contributed by atoms with Crippen LogP contribution in [0.1, 0.15) is 18.1 Å². The van der Waals surface area contributed by atoms with Crippen LogP contribution in [-0.2, 0) is 6.42 Å². The topological polar surface area (TPSA) is 18.5 Å². The lowest BCUT2D eigenvalue weighted by Gasteiger charge is -2.13. The number of methoxy groups -OCH3 is 1. The van der Waals surface area contributed by atoms with Crippen molar-refractivity contribution in [1.29, 1.82) is 0 Å². The van der Waals surface area contributed by atoms with E-state index in [1.54, 1.807) is 7.11 Å². The van der Waals surface area contributed by atoms with Gasteiger partial charge in [-0.15, -0.1) is 0 Å². The zero-order valence-corrected chi connectivity index (χ0v) is 10.7. The highest BCUT2D eigenvalue weighted by atomic mass is 16.5. The predicted molar refractivity (Wildman–Crippen MR) is 72.4 cm³/mol. The molecule has 0 N–H and O–H groups in total. The fraction of sp³-hybridized carbons (Fsp3) is 0.250. The molecule has 0 aromatic heterocycles. The molecular formula is C16H16O2. The SMILES string of the molecule is CCOc1ccc2c(c1OC)Cc1ccccc1-2. The number of benzene rings is 2. The second-order valence-electron chi connectivity index (χ2n) is 4.39. The molecule has 0 saturated heterocycles. The Bertz CT molecular complexity index is 588. The summed E-state index contributed by atoms with van der Waals surface area (Å²) in [6.07, 6.45) is 0.926. The Morgan fingerprint density at radius 1 is 1.06 bits per heavy atom. The van der Waals surface area contributed by atoms with Gasteiger partial charge in [0.05, 0.1) is 13.7 Å². The zero-order valence-electron chi connectivity index (χ0n) is 10.7. The summed E-state index contributed by atoms with van der Waals surface area (Å²) < 4.78 is 11.2. The molecule has 1 aliphatic rings. The Kier molecular flexibility index (Phi) is 2.71. The van der Waals surface area contributed by atoms with Crippen LogP contribution in [0.25, 0.3) is 11.1 Å². The third-order valence-electron chi connectivity index (χ3n) is 3.40. The maximum atomic E-state index is 5.63. The number of fused-ring (bicyclic) bond motifs is 3. The fourth-order valence-corrected chi connectivity index (χ4v) is 2.65. The van der Waals surface area contributed by atoms with E-state index in [9.17, 15) is 0 Å². The van der Waals surface area contributed by atoms with Crippen molar-refractivity contribution in [2.45, 2.75) is 13.3 Å². The Balaban J connectivity index is 2.16. The Labute approximate surface area is 107 Å². The van der Waals surface area contributed by atoms with Crippen LogP contribution < -0.4 is 9.47 Å². The van der Waals surface area contributed by atoms with Crippen molar-refractivity contribution in [3.8, 4) is 22.6 Å². The second kappa shape index (κ2) is 4.37. The largest absolute Gasteiger partial charge is 0.493 e. The number of ether oxygens (including phenoxy) is 2. The maximum Gasteiger partial charge on any atom is 0.164 e. The molecule has 0 heterocycles. The van der Waals surface area contributed by atoms with Crippen LogP contribution in [0.5, 0.6) is 11.5 Å². The molecule has 2 aromatic carbocycles. The van der Waals surface area contributed by atoms with E-state index in [4.69, 9.17) is 9.47 Å². The van der Waals surface area contributed by atoms with Gasteiger partial charge in [0.2, 0.25) is 0 Å². The van der Waals surface area contributed by atoms with Crippen molar-refractivity contribution in [2.24, 2.45) is 0 Å². The average molecular weight is 240 g/mol. The molecule has 0 bridgehead atoms. The molecule has 0 radical (unpaired) electrons. The quantitative estimate of drug-likeness (QED) is 0.695. The average Bonchev–Trinajstić information content (AvgIpc) is 2.77. The highest BCUT2D eigenvalue weighted by Crippen LogP contribution is 2.45. The molecule has 2 nitrogen and oxygen atoms in total. The summed E-state index contributed by atoms with van der Waals surface area (Å²) in [6.45, 7) is 2.64. The first-order valence-corrected chi connectivity index (χ1v) is 6.26. The first-order chi connectivity index (χ1) is 8.85. The van der Waals surface area contributed by atoms with Gasteiger partial charge >= 0.3 is 0 Å². The van der Waals surface area contributed by atoms with Crippen LogP contribution >= 0.6 is 0 Å². The summed E-state index contributed by atoms with van der Waals surface area (Å²) in [4.78, 5) is 0. The third-order valence-corrected chi connectivity index (χ3v) is 3.40. The van der Waals surface area contributed by atoms with Crippen LogP contribution in [0.2, 0.25) is 0 Å². The van der Waals surface area contributed by atoms with Crippen molar-refractivity contribution in [2.75, 3.05) is 13.7 Å². The Hall–Kier alpha value is -1.96. The lowest BCUT2D eigenvalue weighted by molar-refractivity contribution is 0.309. The number of hydrogen-bond acceptors (Lipinski definition) is 2. The molecule has 2 heteroatoms. The minimum Gasteiger partial charge on any atom is -0.493 e. The van der Waals surface area contributed by atoms with E-state index in [0.29, 0.717) is 6.61 Å². The third kappa shape index (κ3) is 1.57. The molecule has 18 heavy (non-hydrogen) atoms. The zero-order chi connectivity index (χ0) is 12.5. The van der Waals surface area contributed by atoms with Gasteiger partial charge in [0, 0.05) is 12.0 Å². The van der Waals surface area contributed by atoms with E-state index >= 15 is 0 Å². The standard InChI is InChI=1S/C16H16O2/c1-3-18-15-9-8-13-12-7-5-4-6-11(12)10-14(13)16(15)17-2/h4-9H,3,10H2,1-2H3. The number of hydrogen-bond donors (Lipinski definition) is 0. The summed E-state index contributed by atoms with van der Waals surface area (Å²) in [7, 11) is 1.71. The molecule has 0 spiro atoms. The Morgan fingerprint density at radius 2 is 1.89 bits per heavy atom. The first-order valence-electron chi connectivity index (χ1n) is 6.26. The molecule has 0 fully saturated rings. The van der Waals surface area contributed by atoms with E-state index < -0.39 is 0 Å². The summed E-state index contributed by atoms with van der Waals surface area (Å²) in [5.74, 6) is 1.72. The van der Waals surface area contributed by atoms with E-state index in [1.165, 1.54) is 22.3 Å². The Morgan fingerprint density at radius 3 is 2.67 bits per heavy atom. The lowest BCUT2D eigenvalue weighted by atomic mass is 10.1. The van der Waals surface area contributed by atoms with Gasteiger partial charge in [0.15, 0.2) is 11.5 Å². The van der Waals surface area contributed by atoms with Crippen molar-refractivity contribution in [1.82, 2.24) is 0 Å². The minimum absolute atomic E-state index is 0.655. The normalized spacial score (nSPS) is 11.9. The van der Waals surface area contributed by atoms with Gasteiger partial charge in [-0.1, -0.05) is 30.3 Å². The van der Waals surface area contributed by atoms with E-state index in [1.807, 2.05) is 13.0 Å². The van der Waals surface area contributed by atoms with E-state index in [-0.39, 0.29) is 0 Å². The van der Waals surface area contributed by atoms with E-state index in [0.717, 1.165) is 17.9 Å². The monoisotopic (exact) mass is 240 g/mol. The summed E-state index contributed by atoms with van der Waals surface area (Å²) in [6, 6.07) is 12.6. The van der Waals surface area contributed by atoms with Crippen molar-refractivity contribution < 1.29 is 9.47 Å². The summed E-state index contributed by atoms with van der Waals surface area (Å²) in [5.41, 5.74) is 5.18. The molecule has 0 amide bonds. The molecule has 0 unspecified atom stereocenters. The van der Waals surface area contributed by atoms with Gasteiger partial charge in [-0.2, -0.15) is 0 Å². The second-order valence-corrected chi connectivity index (χ2v) is 4.39. The van der Waals surface area contributed by atoms with Crippen LogP contribution in [-0.4, -0.2) is 13.7 Å². The molecule has 0 saturated carbocycles. The molecule has 92 valence electrons. The molecule has 1 aliphatic carbocycles. The van der Waals surface area contributed by atoms with Gasteiger partial charge in [-0.05, 0) is 29.7 Å². The molecule has 2 aromatic rings. The van der Waals surface area contributed by atoms with Crippen molar-refractivity contribution >= 4 is 0 Å². The van der Waals surface area contributed by atoms with Crippen LogP contribution in [0.15, 0.2) is 36.4 Å². The maximum absolute atomic E-state index is 5.63. The lowest BCUT2D eigenvalue weighted by Crippen LogP contribution is -1.98. The molecule has 3 rings (SSSR count). The number of rotatable bonds is 3. The smallest absolute Gasteiger partial charge is 0.164 e. The molecular weight excluding hydrogens is 224 g/mol. The van der Waals surface area contributed by atoms with Crippen molar-refractivity contribution in [3.63, 3.8) is 0 Å². The van der Waals surface area contributed by atoms with Crippen molar-refractivity contribution in [3.05, 3.63) is 47.5 Å². The van der Waals surface area contributed by atoms with Crippen LogP contribution in [0.4, 0.5) is 0 Å². The predicted octanol–water partition coefficient (Wildman–Crippen LogP) is 3.67. The van der Waals surface area contributed by atoms with Gasteiger partial charge < -0.3 is 9.47 Å². The first kappa shape index (κ1) is 11.1. The van der Waals surface area contributed by atoms with Crippen LogP contribution in [0.3, 0.4) is 0 Å². The fourth-order valence-electron chi connectivity index (χ4n) is 2.65. The van der Waals surface area contributed by atoms with Crippen LogP contribution in [0, 0.1) is 0 Å². The van der Waals surface area contributed by atoms with Gasteiger partial charge in [0.25, 0.3) is 0 Å². The highest BCUT2D eigenvalue weighted by Gasteiger charge is 2.23.